The van der Waals surface area contributed by atoms with Gasteiger partial charge in [0.25, 0.3) is 5.91 Å². The highest BCUT2D eigenvalue weighted by Gasteiger charge is 2.13. The molecule has 0 radical (unpaired) electrons. The summed E-state index contributed by atoms with van der Waals surface area (Å²) in [6.07, 6.45) is 0.737. The molecule has 0 bridgehead atoms. The number of halogens is 2. The lowest BCUT2D eigenvalue weighted by atomic mass is 10.1. The smallest absolute Gasteiger partial charge is 0.251 e. The molecule has 1 atom stereocenters. The number of amides is 1. The van der Waals surface area contributed by atoms with Gasteiger partial charge in [0.2, 0.25) is 0 Å². The molecule has 2 aromatic rings. The lowest BCUT2D eigenvalue weighted by molar-refractivity contribution is 0.0940. The van der Waals surface area contributed by atoms with Gasteiger partial charge < -0.3 is 5.32 Å². The number of nitrogens with one attached hydrogen (secondary N) is 1. The Morgan fingerprint density at radius 3 is 2.35 bits per heavy atom. The number of hydrogen-bond donors (Lipinski definition) is 1. The quantitative estimate of drug-likeness (QED) is 0.600. The van der Waals surface area contributed by atoms with E-state index in [1.54, 1.807) is 0 Å². The van der Waals surface area contributed by atoms with Crippen LogP contribution in [0.15, 0.2) is 54.6 Å². The van der Waals surface area contributed by atoms with Gasteiger partial charge in [-0.1, -0.05) is 30.3 Å². The predicted octanol–water partition coefficient (Wildman–Crippen LogP) is 3.87. The molecular formula is C16H15ClINO. The molecule has 0 aliphatic heterocycles. The number of carbonyl (C=O) groups excluding carboxylic acids is 1. The second-order valence-corrected chi connectivity index (χ2v) is 6.08. The summed E-state index contributed by atoms with van der Waals surface area (Å²) in [5.41, 5.74) is 1.83. The van der Waals surface area contributed by atoms with E-state index in [4.69, 9.17) is 11.6 Å². The van der Waals surface area contributed by atoms with E-state index in [0.717, 1.165) is 9.99 Å². The van der Waals surface area contributed by atoms with Gasteiger partial charge >= 0.3 is 0 Å². The first-order valence-corrected chi connectivity index (χ1v) is 7.96. The summed E-state index contributed by atoms with van der Waals surface area (Å²) in [6.45, 7) is 0. The van der Waals surface area contributed by atoms with Gasteiger partial charge in [0, 0.05) is 21.1 Å². The zero-order chi connectivity index (χ0) is 14.4. The zero-order valence-corrected chi connectivity index (χ0v) is 13.8. The van der Waals surface area contributed by atoms with Gasteiger partial charge in [-0.25, -0.2) is 0 Å². The summed E-state index contributed by atoms with van der Waals surface area (Å²) in [4.78, 5) is 12.1. The normalized spacial score (nSPS) is 11.9. The van der Waals surface area contributed by atoms with E-state index in [1.807, 2.05) is 54.6 Å². The Bertz CT molecular complexity index is 556. The molecule has 0 aliphatic carbocycles. The highest BCUT2D eigenvalue weighted by Crippen LogP contribution is 2.09. The van der Waals surface area contributed by atoms with Crippen molar-refractivity contribution < 1.29 is 4.79 Å². The summed E-state index contributed by atoms with van der Waals surface area (Å²) in [6, 6.07) is 17.5. The first kappa shape index (κ1) is 15.3. The fourth-order valence-corrected chi connectivity index (χ4v) is 2.46. The zero-order valence-electron chi connectivity index (χ0n) is 10.9. The van der Waals surface area contributed by atoms with E-state index in [2.05, 4.69) is 27.9 Å². The van der Waals surface area contributed by atoms with E-state index in [0.29, 0.717) is 11.4 Å². The van der Waals surface area contributed by atoms with Crippen molar-refractivity contribution in [2.75, 3.05) is 5.88 Å². The molecule has 0 fully saturated rings. The van der Waals surface area contributed by atoms with Crippen LogP contribution in [0.2, 0.25) is 0 Å². The molecule has 0 heterocycles. The minimum Gasteiger partial charge on any atom is -0.348 e. The van der Waals surface area contributed by atoms with Gasteiger partial charge in [0.1, 0.15) is 0 Å². The molecule has 0 saturated heterocycles. The lowest BCUT2D eigenvalue weighted by Gasteiger charge is -2.16. The molecule has 1 amide bonds. The van der Waals surface area contributed by atoms with Crippen molar-refractivity contribution in [3.8, 4) is 0 Å². The van der Waals surface area contributed by atoms with E-state index >= 15 is 0 Å². The topological polar surface area (TPSA) is 29.1 Å². The molecule has 104 valence electrons. The van der Waals surface area contributed by atoms with E-state index in [9.17, 15) is 4.79 Å². The molecule has 20 heavy (non-hydrogen) atoms. The monoisotopic (exact) mass is 399 g/mol. The molecule has 2 aromatic carbocycles. The summed E-state index contributed by atoms with van der Waals surface area (Å²) in [5.74, 6) is 0.313. The Kier molecular flexibility index (Phi) is 5.86. The number of hydrogen-bond acceptors (Lipinski definition) is 1. The van der Waals surface area contributed by atoms with Gasteiger partial charge in [-0.15, -0.1) is 11.6 Å². The Balaban J connectivity index is 1.99. The standard InChI is InChI=1S/C16H15ClINO/c17-11-15(10-12-4-2-1-3-5-12)19-16(20)13-6-8-14(18)9-7-13/h1-9,15H,10-11H2,(H,19,20). The van der Waals surface area contributed by atoms with Gasteiger partial charge in [-0.05, 0) is 58.8 Å². The van der Waals surface area contributed by atoms with Crippen molar-refractivity contribution in [1.82, 2.24) is 5.32 Å². The Morgan fingerprint density at radius 1 is 1.10 bits per heavy atom. The average molecular weight is 400 g/mol. The average Bonchev–Trinajstić information content (AvgIpc) is 2.48. The van der Waals surface area contributed by atoms with Gasteiger partial charge in [-0.3, -0.25) is 4.79 Å². The van der Waals surface area contributed by atoms with Crippen molar-refractivity contribution in [1.29, 1.82) is 0 Å². The Labute approximate surface area is 137 Å². The second-order valence-electron chi connectivity index (χ2n) is 4.52. The molecule has 1 N–H and O–H groups in total. The molecule has 2 rings (SSSR count). The molecule has 0 aromatic heterocycles. The van der Waals surface area contributed by atoms with E-state index < -0.39 is 0 Å². The van der Waals surface area contributed by atoms with Crippen molar-refractivity contribution in [2.45, 2.75) is 12.5 Å². The van der Waals surface area contributed by atoms with Crippen LogP contribution < -0.4 is 5.32 Å². The molecular weight excluding hydrogens is 385 g/mol. The van der Waals surface area contributed by atoms with E-state index in [1.165, 1.54) is 5.56 Å². The number of carbonyl (C=O) groups is 1. The number of benzene rings is 2. The Hall–Kier alpha value is -1.07. The second kappa shape index (κ2) is 7.64. The minimum atomic E-state index is -0.0806. The van der Waals surface area contributed by atoms with Crippen molar-refractivity contribution >= 4 is 40.1 Å². The maximum absolute atomic E-state index is 12.1. The molecule has 4 heteroatoms. The highest BCUT2D eigenvalue weighted by molar-refractivity contribution is 14.1. The minimum absolute atomic E-state index is 0.0640. The molecule has 2 nitrogen and oxygen atoms in total. The molecule has 0 aliphatic rings. The van der Waals surface area contributed by atoms with Crippen LogP contribution in [-0.2, 0) is 6.42 Å². The van der Waals surface area contributed by atoms with Crippen LogP contribution in [0.25, 0.3) is 0 Å². The van der Waals surface area contributed by atoms with Crippen LogP contribution in [0.1, 0.15) is 15.9 Å². The fraction of sp³-hybridized carbons (Fsp3) is 0.188. The van der Waals surface area contributed by atoms with Gasteiger partial charge in [0.05, 0.1) is 0 Å². The summed E-state index contributed by atoms with van der Waals surface area (Å²) in [5, 5.41) is 2.98. The summed E-state index contributed by atoms with van der Waals surface area (Å²) >= 11 is 8.17. The SMILES string of the molecule is O=C(NC(CCl)Cc1ccccc1)c1ccc(I)cc1. The highest BCUT2D eigenvalue weighted by atomic mass is 127. The third-order valence-corrected chi connectivity index (χ3v) is 4.04. The maximum atomic E-state index is 12.1. The van der Waals surface area contributed by atoms with Crippen LogP contribution in [0.3, 0.4) is 0 Å². The summed E-state index contributed by atoms with van der Waals surface area (Å²) < 4.78 is 1.11. The number of alkyl halides is 1. The third-order valence-electron chi connectivity index (χ3n) is 2.95. The summed E-state index contributed by atoms with van der Waals surface area (Å²) in [7, 11) is 0. The molecule has 1 unspecified atom stereocenters. The van der Waals surface area contributed by atoms with Crippen LogP contribution in [-0.4, -0.2) is 17.8 Å². The lowest BCUT2D eigenvalue weighted by Crippen LogP contribution is -2.37. The Morgan fingerprint density at radius 2 is 1.75 bits per heavy atom. The van der Waals surface area contributed by atoms with Gasteiger partial charge in [-0.2, -0.15) is 0 Å². The largest absolute Gasteiger partial charge is 0.348 e. The van der Waals surface area contributed by atoms with Crippen LogP contribution in [0.5, 0.6) is 0 Å². The third kappa shape index (κ3) is 4.49. The van der Waals surface area contributed by atoms with Crippen molar-refractivity contribution in [3.05, 3.63) is 69.3 Å². The van der Waals surface area contributed by atoms with Gasteiger partial charge in [0.15, 0.2) is 0 Å². The number of rotatable bonds is 5. The molecule has 0 spiro atoms. The van der Waals surface area contributed by atoms with Crippen molar-refractivity contribution in [2.24, 2.45) is 0 Å². The van der Waals surface area contributed by atoms with E-state index in [-0.39, 0.29) is 11.9 Å². The maximum Gasteiger partial charge on any atom is 0.251 e. The van der Waals surface area contributed by atoms with Crippen LogP contribution in [0, 0.1) is 3.57 Å². The van der Waals surface area contributed by atoms with Crippen LogP contribution >= 0.6 is 34.2 Å². The van der Waals surface area contributed by atoms with Crippen LogP contribution in [0.4, 0.5) is 0 Å². The first-order chi connectivity index (χ1) is 9.69. The fourth-order valence-electron chi connectivity index (χ4n) is 1.91. The predicted molar refractivity (Wildman–Crippen MR) is 91.3 cm³/mol. The van der Waals surface area contributed by atoms with Crippen molar-refractivity contribution in [3.63, 3.8) is 0 Å². The first-order valence-electron chi connectivity index (χ1n) is 6.35. The molecule has 0 saturated carbocycles.